The largest absolute Gasteiger partial charge is 0.314 e. The Morgan fingerprint density at radius 1 is 1.17 bits per heavy atom. The fourth-order valence-electron chi connectivity index (χ4n) is 2.15. The van der Waals surface area contributed by atoms with Gasteiger partial charge in [0.05, 0.1) is 0 Å². The zero-order valence-electron chi connectivity index (χ0n) is 11.5. The van der Waals surface area contributed by atoms with Crippen LogP contribution in [0.1, 0.15) is 39.2 Å². The van der Waals surface area contributed by atoms with Gasteiger partial charge < -0.3 is 5.32 Å². The van der Waals surface area contributed by atoms with Gasteiger partial charge in [0.15, 0.2) is 11.6 Å². The van der Waals surface area contributed by atoms with Crippen molar-refractivity contribution in [2.45, 2.75) is 46.1 Å². The van der Waals surface area contributed by atoms with E-state index in [4.69, 9.17) is 0 Å². The molecule has 0 spiro atoms. The first-order valence-corrected chi connectivity index (χ1v) is 6.72. The molecule has 1 N–H and O–H groups in total. The molecule has 0 saturated carbocycles. The number of rotatable bonds is 7. The smallest absolute Gasteiger partial charge is 0.159 e. The zero-order chi connectivity index (χ0) is 13.5. The Kier molecular flexibility index (Phi) is 6.27. The monoisotopic (exact) mass is 255 g/mol. The van der Waals surface area contributed by atoms with Gasteiger partial charge in [0.25, 0.3) is 0 Å². The van der Waals surface area contributed by atoms with Crippen molar-refractivity contribution in [2.75, 3.05) is 6.54 Å². The lowest BCUT2D eigenvalue weighted by atomic mass is 9.97. The summed E-state index contributed by atoms with van der Waals surface area (Å²) in [6, 6.07) is 4.66. The molecule has 1 unspecified atom stereocenters. The lowest BCUT2D eigenvalue weighted by molar-refractivity contribution is 0.377. The van der Waals surface area contributed by atoms with Crippen LogP contribution in [0.2, 0.25) is 0 Å². The van der Waals surface area contributed by atoms with Crippen molar-refractivity contribution in [3.05, 3.63) is 35.4 Å². The summed E-state index contributed by atoms with van der Waals surface area (Å²) in [5, 5.41) is 3.45. The maximum Gasteiger partial charge on any atom is 0.159 e. The van der Waals surface area contributed by atoms with Gasteiger partial charge in [-0.25, -0.2) is 8.78 Å². The predicted molar refractivity (Wildman–Crippen MR) is 71.6 cm³/mol. The fourth-order valence-corrected chi connectivity index (χ4v) is 2.15. The van der Waals surface area contributed by atoms with Crippen LogP contribution in [0.3, 0.4) is 0 Å². The van der Waals surface area contributed by atoms with Gasteiger partial charge in [-0.2, -0.15) is 0 Å². The third-order valence-corrected chi connectivity index (χ3v) is 3.24. The van der Waals surface area contributed by atoms with Gasteiger partial charge in [-0.15, -0.1) is 0 Å². The van der Waals surface area contributed by atoms with Crippen molar-refractivity contribution >= 4 is 0 Å². The van der Waals surface area contributed by atoms with Gasteiger partial charge in [0.2, 0.25) is 0 Å². The first-order chi connectivity index (χ1) is 8.54. The Morgan fingerprint density at radius 2 is 1.89 bits per heavy atom. The number of hydrogen-bond acceptors (Lipinski definition) is 1. The molecule has 3 heteroatoms. The molecular formula is C15H23F2N. The number of hydrogen-bond donors (Lipinski definition) is 1. The normalized spacial score (nSPS) is 13.0. The highest BCUT2D eigenvalue weighted by Crippen LogP contribution is 2.14. The molecule has 0 aliphatic carbocycles. The number of benzene rings is 1. The molecular weight excluding hydrogens is 232 g/mol. The van der Waals surface area contributed by atoms with Crippen LogP contribution in [0.5, 0.6) is 0 Å². The maximum absolute atomic E-state index is 13.0. The van der Waals surface area contributed by atoms with Crippen molar-refractivity contribution in [3.8, 4) is 0 Å². The summed E-state index contributed by atoms with van der Waals surface area (Å²) in [6.07, 6.45) is 2.84. The summed E-state index contributed by atoms with van der Waals surface area (Å²) in [5.74, 6) is -0.930. The molecule has 0 aliphatic rings. The Labute approximate surface area is 109 Å². The van der Waals surface area contributed by atoms with Crippen LogP contribution in [0, 0.1) is 17.6 Å². The number of nitrogens with one attached hydrogen (secondary N) is 1. The van der Waals surface area contributed by atoms with E-state index >= 15 is 0 Å². The van der Waals surface area contributed by atoms with Crippen LogP contribution in [0.4, 0.5) is 8.78 Å². The zero-order valence-corrected chi connectivity index (χ0v) is 11.5. The molecule has 0 fully saturated rings. The third-order valence-electron chi connectivity index (χ3n) is 3.24. The van der Waals surface area contributed by atoms with Crippen molar-refractivity contribution in [1.82, 2.24) is 5.32 Å². The minimum atomic E-state index is -0.772. The summed E-state index contributed by atoms with van der Waals surface area (Å²) in [5.41, 5.74) is 0.868. The van der Waals surface area contributed by atoms with E-state index in [2.05, 4.69) is 26.1 Å². The molecule has 1 nitrogen and oxygen atoms in total. The van der Waals surface area contributed by atoms with Gasteiger partial charge in [0, 0.05) is 6.04 Å². The Balaban J connectivity index is 2.42. The van der Waals surface area contributed by atoms with Crippen molar-refractivity contribution in [3.63, 3.8) is 0 Å². The van der Waals surface area contributed by atoms with Gasteiger partial charge in [-0.1, -0.05) is 26.8 Å². The maximum atomic E-state index is 13.0. The topological polar surface area (TPSA) is 12.0 Å². The van der Waals surface area contributed by atoms with Gasteiger partial charge in [-0.05, 0) is 49.4 Å². The van der Waals surface area contributed by atoms with Crippen molar-refractivity contribution in [2.24, 2.45) is 5.92 Å². The average Bonchev–Trinajstić information content (AvgIpc) is 2.32. The summed E-state index contributed by atoms with van der Waals surface area (Å²) >= 11 is 0. The molecule has 0 aromatic heterocycles. The van der Waals surface area contributed by atoms with Crippen LogP contribution in [-0.4, -0.2) is 12.6 Å². The SMILES string of the molecule is CCNC(CCCc1ccc(F)c(F)c1)C(C)C. The van der Waals surface area contributed by atoms with Crippen LogP contribution in [0.15, 0.2) is 18.2 Å². The molecule has 102 valence electrons. The quantitative estimate of drug-likeness (QED) is 0.778. The Bertz CT molecular complexity index is 364. The summed E-state index contributed by atoms with van der Waals surface area (Å²) < 4.78 is 25.8. The second-order valence-electron chi connectivity index (χ2n) is 5.05. The van der Waals surface area contributed by atoms with Gasteiger partial charge in [-0.3, -0.25) is 0 Å². The first kappa shape index (κ1) is 15.1. The molecule has 1 atom stereocenters. The van der Waals surface area contributed by atoms with Crippen LogP contribution < -0.4 is 5.32 Å². The molecule has 0 amide bonds. The van der Waals surface area contributed by atoms with Gasteiger partial charge in [0.1, 0.15) is 0 Å². The lowest BCUT2D eigenvalue weighted by Gasteiger charge is -2.21. The molecule has 1 rings (SSSR count). The van der Waals surface area contributed by atoms with E-state index in [0.29, 0.717) is 12.0 Å². The standard InChI is InChI=1S/C15H23F2N/c1-4-18-15(11(2)3)7-5-6-12-8-9-13(16)14(17)10-12/h8-11,15,18H,4-7H2,1-3H3. The van der Waals surface area contributed by atoms with Crippen LogP contribution in [0.25, 0.3) is 0 Å². The highest BCUT2D eigenvalue weighted by Gasteiger charge is 2.11. The first-order valence-electron chi connectivity index (χ1n) is 6.72. The van der Waals surface area contributed by atoms with E-state index in [0.717, 1.165) is 31.4 Å². The molecule has 1 aromatic rings. The summed E-state index contributed by atoms with van der Waals surface area (Å²) in [6.45, 7) is 7.47. The van der Waals surface area contributed by atoms with Crippen LogP contribution in [-0.2, 0) is 6.42 Å². The summed E-state index contributed by atoms with van der Waals surface area (Å²) in [4.78, 5) is 0. The third kappa shape index (κ3) is 4.73. The Hall–Kier alpha value is -0.960. The van der Waals surface area contributed by atoms with Crippen molar-refractivity contribution in [1.29, 1.82) is 0 Å². The fraction of sp³-hybridized carbons (Fsp3) is 0.600. The average molecular weight is 255 g/mol. The second kappa shape index (κ2) is 7.47. The summed E-state index contributed by atoms with van der Waals surface area (Å²) in [7, 11) is 0. The molecule has 0 aliphatic heterocycles. The van der Waals surface area contributed by atoms with Gasteiger partial charge >= 0.3 is 0 Å². The molecule has 1 aromatic carbocycles. The highest BCUT2D eigenvalue weighted by atomic mass is 19.2. The minimum absolute atomic E-state index is 0.500. The number of halogens is 2. The molecule has 18 heavy (non-hydrogen) atoms. The molecule has 0 saturated heterocycles. The van der Waals surface area contributed by atoms with E-state index < -0.39 is 11.6 Å². The molecule has 0 heterocycles. The minimum Gasteiger partial charge on any atom is -0.314 e. The lowest BCUT2D eigenvalue weighted by Crippen LogP contribution is -2.33. The van der Waals surface area contributed by atoms with E-state index in [1.54, 1.807) is 6.07 Å². The van der Waals surface area contributed by atoms with Crippen LogP contribution >= 0.6 is 0 Å². The van der Waals surface area contributed by atoms with Crippen molar-refractivity contribution < 1.29 is 8.78 Å². The van der Waals surface area contributed by atoms with E-state index in [1.807, 2.05) is 0 Å². The predicted octanol–water partition coefficient (Wildman–Crippen LogP) is 3.92. The highest BCUT2D eigenvalue weighted by molar-refractivity contribution is 5.17. The van der Waals surface area contributed by atoms with E-state index in [9.17, 15) is 8.78 Å². The molecule has 0 bridgehead atoms. The number of aryl methyl sites for hydroxylation is 1. The Morgan fingerprint density at radius 3 is 2.44 bits per heavy atom. The van der Waals surface area contributed by atoms with E-state index in [-0.39, 0.29) is 0 Å². The second-order valence-corrected chi connectivity index (χ2v) is 5.05. The molecule has 0 radical (unpaired) electrons. The van der Waals surface area contributed by atoms with E-state index in [1.165, 1.54) is 12.1 Å².